The fourth-order valence-corrected chi connectivity index (χ4v) is 2.67. The third-order valence-corrected chi connectivity index (χ3v) is 3.90. The molecule has 4 nitrogen and oxygen atoms in total. The van der Waals surface area contributed by atoms with Crippen molar-refractivity contribution >= 4 is 17.2 Å². The van der Waals surface area contributed by atoms with Crippen molar-refractivity contribution in [2.75, 3.05) is 6.54 Å². The summed E-state index contributed by atoms with van der Waals surface area (Å²) in [6.07, 6.45) is 0.810. The third kappa shape index (κ3) is 2.79. The Morgan fingerprint density at radius 2 is 2.17 bits per heavy atom. The molecule has 0 unspecified atom stereocenters. The van der Waals surface area contributed by atoms with Gasteiger partial charge in [0.15, 0.2) is 0 Å². The molecule has 2 heterocycles. The lowest BCUT2D eigenvalue weighted by Crippen LogP contribution is -2.25. The molecule has 2 aromatic rings. The Morgan fingerprint density at radius 3 is 2.72 bits per heavy atom. The van der Waals surface area contributed by atoms with Crippen LogP contribution in [0.3, 0.4) is 0 Å². The van der Waals surface area contributed by atoms with E-state index in [2.05, 4.69) is 15.5 Å². The molecule has 1 amide bonds. The Morgan fingerprint density at radius 1 is 1.39 bits per heavy atom. The molecule has 0 radical (unpaired) electrons. The molecule has 0 spiro atoms. The summed E-state index contributed by atoms with van der Waals surface area (Å²) < 4.78 is 0. The lowest BCUT2D eigenvalue weighted by molar-refractivity contribution is 0.0958. The summed E-state index contributed by atoms with van der Waals surface area (Å²) in [5, 5.41) is 10.0. The van der Waals surface area contributed by atoms with Crippen LogP contribution in [0.5, 0.6) is 0 Å². The first-order valence-corrected chi connectivity index (χ1v) is 6.74. The number of amides is 1. The second kappa shape index (κ2) is 5.35. The number of aromatic nitrogens is 2. The van der Waals surface area contributed by atoms with Crippen LogP contribution in [-0.4, -0.2) is 22.6 Å². The summed E-state index contributed by atoms with van der Waals surface area (Å²) in [5.74, 6) is 0.00639. The van der Waals surface area contributed by atoms with E-state index in [1.165, 1.54) is 16.9 Å². The molecule has 2 aromatic heterocycles. The minimum atomic E-state index is 0.00639. The fourth-order valence-electron chi connectivity index (χ4n) is 1.89. The molecule has 2 N–H and O–H groups in total. The van der Waals surface area contributed by atoms with Gasteiger partial charge in [-0.25, -0.2) is 0 Å². The SMILES string of the molecule is Cc1ccc(C(=O)NCCc2c(C)n[nH]c2C)s1. The van der Waals surface area contributed by atoms with Gasteiger partial charge >= 0.3 is 0 Å². The molecule has 96 valence electrons. The highest BCUT2D eigenvalue weighted by Gasteiger charge is 2.09. The van der Waals surface area contributed by atoms with Gasteiger partial charge in [0.2, 0.25) is 0 Å². The van der Waals surface area contributed by atoms with Gasteiger partial charge in [-0.05, 0) is 44.9 Å². The number of hydrogen-bond acceptors (Lipinski definition) is 3. The van der Waals surface area contributed by atoms with Gasteiger partial charge in [0, 0.05) is 17.1 Å². The third-order valence-electron chi connectivity index (χ3n) is 2.91. The minimum Gasteiger partial charge on any atom is -0.351 e. The van der Waals surface area contributed by atoms with E-state index >= 15 is 0 Å². The van der Waals surface area contributed by atoms with Gasteiger partial charge in [-0.3, -0.25) is 9.89 Å². The van der Waals surface area contributed by atoms with Crippen molar-refractivity contribution in [2.24, 2.45) is 0 Å². The van der Waals surface area contributed by atoms with E-state index in [4.69, 9.17) is 0 Å². The zero-order valence-electron chi connectivity index (χ0n) is 10.8. The molecule has 0 saturated carbocycles. The Bertz CT molecular complexity index is 537. The van der Waals surface area contributed by atoms with Crippen molar-refractivity contribution in [1.29, 1.82) is 0 Å². The predicted octanol–water partition coefficient (Wildman–Crippen LogP) is 2.37. The molecule has 18 heavy (non-hydrogen) atoms. The summed E-state index contributed by atoms with van der Waals surface area (Å²) in [6, 6.07) is 3.83. The molecule has 0 aliphatic heterocycles. The minimum absolute atomic E-state index is 0.00639. The number of carbonyl (C=O) groups is 1. The van der Waals surface area contributed by atoms with E-state index in [0.717, 1.165) is 27.6 Å². The molecule has 0 aliphatic rings. The Labute approximate surface area is 110 Å². The summed E-state index contributed by atoms with van der Waals surface area (Å²) in [6.45, 7) is 6.61. The lowest BCUT2D eigenvalue weighted by Gasteiger charge is -2.04. The van der Waals surface area contributed by atoms with Crippen LogP contribution in [0.4, 0.5) is 0 Å². The highest BCUT2D eigenvalue weighted by molar-refractivity contribution is 7.13. The number of nitrogens with one attached hydrogen (secondary N) is 2. The number of H-pyrrole nitrogens is 1. The Kier molecular flexibility index (Phi) is 3.81. The van der Waals surface area contributed by atoms with Gasteiger partial charge in [-0.2, -0.15) is 5.10 Å². The highest BCUT2D eigenvalue weighted by Crippen LogP contribution is 2.14. The molecular weight excluding hydrogens is 246 g/mol. The van der Waals surface area contributed by atoms with Crippen molar-refractivity contribution in [1.82, 2.24) is 15.5 Å². The standard InChI is InChI=1S/C13H17N3OS/c1-8-4-5-12(18-8)13(17)14-7-6-11-9(2)15-16-10(11)3/h4-5H,6-7H2,1-3H3,(H,14,17)(H,15,16). The van der Waals surface area contributed by atoms with Gasteiger partial charge in [0.1, 0.15) is 0 Å². The van der Waals surface area contributed by atoms with Crippen LogP contribution < -0.4 is 5.32 Å². The quantitative estimate of drug-likeness (QED) is 0.889. The van der Waals surface area contributed by atoms with Crippen LogP contribution in [0.15, 0.2) is 12.1 Å². The molecule has 0 aliphatic carbocycles. The summed E-state index contributed by atoms with van der Waals surface area (Å²) >= 11 is 1.52. The van der Waals surface area contributed by atoms with Crippen LogP contribution in [0.2, 0.25) is 0 Å². The first-order chi connectivity index (χ1) is 8.58. The number of hydrogen-bond donors (Lipinski definition) is 2. The average molecular weight is 263 g/mol. The van der Waals surface area contributed by atoms with Gasteiger partial charge in [-0.15, -0.1) is 11.3 Å². The Hall–Kier alpha value is -1.62. The molecule has 0 aromatic carbocycles. The largest absolute Gasteiger partial charge is 0.351 e. The number of thiophene rings is 1. The smallest absolute Gasteiger partial charge is 0.261 e. The number of rotatable bonds is 4. The maximum absolute atomic E-state index is 11.8. The van der Waals surface area contributed by atoms with Crippen LogP contribution >= 0.6 is 11.3 Å². The molecule has 0 bridgehead atoms. The van der Waals surface area contributed by atoms with Crippen LogP contribution in [0.1, 0.15) is 31.5 Å². The second-order valence-corrected chi connectivity index (χ2v) is 5.62. The monoisotopic (exact) mass is 263 g/mol. The van der Waals surface area contributed by atoms with E-state index in [9.17, 15) is 4.79 Å². The molecule has 0 atom stereocenters. The lowest BCUT2D eigenvalue weighted by atomic mass is 10.1. The van der Waals surface area contributed by atoms with Gasteiger partial charge < -0.3 is 5.32 Å². The predicted molar refractivity (Wildman–Crippen MR) is 73.2 cm³/mol. The highest BCUT2D eigenvalue weighted by atomic mass is 32.1. The van der Waals surface area contributed by atoms with Gasteiger partial charge in [0.05, 0.1) is 10.6 Å². The molecule has 0 fully saturated rings. The van der Waals surface area contributed by atoms with Crippen LogP contribution in [0, 0.1) is 20.8 Å². The summed E-state index contributed by atoms with van der Waals surface area (Å²) in [5.41, 5.74) is 3.28. The summed E-state index contributed by atoms with van der Waals surface area (Å²) in [4.78, 5) is 13.8. The number of nitrogens with zero attached hydrogens (tertiary/aromatic N) is 1. The first-order valence-electron chi connectivity index (χ1n) is 5.93. The topological polar surface area (TPSA) is 57.8 Å². The average Bonchev–Trinajstić information content (AvgIpc) is 2.89. The molecule has 2 rings (SSSR count). The normalized spacial score (nSPS) is 10.6. The van der Waals surface area contributed by atoms with Crippen molar-refractivity contribution < 1.29 is 4.79 Å². The van der Waals surface area contributed by atoms with Gasteiger partial charge in [-0.1, -0.05) is 0 Å². The molecular formula is C13H17N3OS. The van der Waals surface area contributed by atoms with E-state index in [1.54, 1.807) is 0 Å². The fraction of sp³-hybridized carbons (Fsp3) is 0.385. The van der Waals surface area contributed by atoms with E-state index in [0.29, 0.717) is 6.54 Å². The van der Waals surface area contributed by atoms with Crippen LogP contribution in [-0.2, 0) is 6.42 Å². The number of aromatic amines is 1. The maximum Gasteiger partial charge on any atom is 0.261 e. The Balaban J connectivity index is 1.88. The van der Waals surface area contributed by atoms with E-state index < -0.39 is 0 Å². The maximum atomic E-state index is 11.8. The van der Waals surface area contributed by atoms with Crippen molar-refractivity contribution in [3.8, 4) is 0 Å². The van der Waals surface area contributed by atoms with Gasteiger partial charge in [0.25, 0.3) is 5.91 Å². The number of aryl methyl sites for hydroxylation is 3. The zero-order chi connectivity index (χ0) is 13.1. The van der Waals surface area contributed by atoms with Crippen molar-refractivity contribution in [2.45, 2.75) is 27.2 Å². The summed E-state index contributed by atoms with van der Waals surface area (Å²) in [7, 11) is 0. The van der Waals surface area contributed by atoms with Crippen molar-refractivity contribution in [3.63, 3.8) is 0 Å². The number of carbonyl (C=O) groups excluding carboxylic acids is 1. The van der Waals surface area contributed by atoms with E-state index in [1.807, 2.05) is 32.9 Å². The van der Waals surface area contributed by atoms with Crippen LogP contribution in [0.25, 0.3) is 0 Å². The first kappa shape index (κ1) is 12.8. The second-order valence-electron chi connectivity index (χ2n) is 4.33. The van der Waals surface area contributed by atoms with E-state index in [-0.39, 0.29) is 5.91 Å². The zero-order valence-corrected chi connectivity index (χ0v) is 11.6. The van der Waals surface area contributed by atoms with Crippen molar-refractivity contribution in [3.05, 3.63) is 38.8 Å². The molecule has 0 saturated heterocycles. The molecule has 5 heteroatoms.